The average Bonchev–Trinajstić information content (AvgIpc) is 2.74. The van der Waals surface area contributed by atoms with Gasteiger partial charge in [-0.25, -0.2) is 0 Å². The van der Waals surface area contributed by atoms with E-state index in [1.54, 1.807) is 24.3 Å². The second-order valence-corrected chi connectivity index (χ2v) is 6.99. The van der Waals surface area contributed by atoms with E-state index in [-0.39, 0.29) is 18.0 Å². The molecule has 3 aromatic rings. The van der Waals surface area contributed by atoms with E-state index in [9.17, 15) is 9.59 Å². The molecule has 0 radical (unpaired) electrons. The monoisotopic (exact) mass is 393 g/mol. The number of rotatable bonds is 6. The molecule has 1 aromatic heterocycles. The van der Waals surface area contributed by atoms with Crippen LogP contribution < -0.4 is 20.9 Å². The highest BCUT2D eigenvalue weighted by molar-refractivity contribution is 5.92. The number of aromatic amines is 1. The Morgan fingerprint density at radius 1 is 1.10 bits per heavy atom. The zero-order valence-corrected chi connectivity index (χ0v) is 15.9. The van der Waals surface area contributed by atoms with Crippen molar-refractivity contribution >= 4 is 22.5 Å². The maximum absolute atomic E-state index is 12.1. The fourth-order valence-corrected chi connectivity index (χ4v) is 3.33. The summed E-state index contributed by atoms with van der Waals surface area (Å²) in [5.74, 6) is 0.978. The molecule has 0 aliphatic carbocycles. The van der Waals surface area contributed by atoms with Crippen LogP contribution in [0.2, 0.25) is 0 Å². The number of H-pyrrole nitrogens is 1. The van der Waals surface area contributed by atoms with E-state index in [2.05, 4.69) is 15.6 Å². The molecular formula is C22H23N3O4. The number of amides is 1. The Hall–Kier alpha value is -3.16. The Morgan fingerprint density at radius 2 is 1.86 bits per heavy atom. The molecule has 1 amide bonds. The molecule has 7 nitrogen and oxygen atoms in total. The van der Waals surface area contributed by atoms with Gasteiger partial charge in [-0.1, -0.05) is 12.1 Å². The number of anilines is 1. The fourth-order valence-electron chi connectivity index (χ4n) is 3.33. The van der Waals surface area contributed by atoms with Crippen molar-refractivity contribution in [1.29, 1.82) is 0 Å². The number of fused-ring (bicyclic) bond motifs is 1. The van der Waals surface area contributed by atoms with Gasteiger partial charge in [0.2, 0.25) is 5.91 Å². The first kappa shape index (κ1) is 19.2. The Labute approximate surface area is 168 Å². The van der Waals surface area contributed by atoms with Gasteiger partial charge in [-0.15, -0.1) is 0 Å². The molecule has 0 saturated carbocycles. The summed E-state index contributed by atoms with van der Waals surface area (Å²) < 4.78 is 11.2. The SMILES string of the molecule is O=C(CNC1CCOCC1)Nc1ccc(Oc2cc(=O)[nH]c3ccccc23)cc1. The maximum atomic E-state index is 12.1. The molecule has 2 aromatic carbocycles. The summed E-state index contributed by atoms with van der Waals surface area (Å²) in [6.45, 7) is 1.74. The number of ether oxygens (including phenoxy) is 2. The van der Waals surface area contributed by atoms with Crippen molar-refractivity contribution in [2.24, 2.45) is 0 Å². The lowest BCUT2D eigenvalue weighted by atomic mass is 10.1. The van der Waals surface area contributed by atoms with Crippen molar-refractivity contribution in [3.05, 3.63) is 65.0 Å². The number of benzene rings is 2. The van der Waals surface area contributed by atoms with Gasteiger partial charge in [-0.2, -0.15) is 0 Å². The van der Waals surface area contributed by atoms with E-state index >= 15 is 0 Å². The molecule has 0 spiro atoms. The highest BCUT2D eigenvalue weighted by Crippen LogP contribution is 2.28. The first-order valence-electron chi connectivity index (χ1n) is 9.68. The smallest absolute Gasteiger partial charge is 0.252 e. The second kappa shape index (κ2) is 8.89. The van der Waals surface area contributed by atoms with E-state index < -0.39 is 0 Å². The molecule has 3 N–H and O–H groups in total. The van der Waals surface area contributed by atoms with Crippen molar-refractivity contribution in [2.45, 2.75) is 18.9 Å². The Morgan fingerprint density at radius 3 is 2.66 bits per heavy atom. The van der Waals surface area contributed by atoms with Gasteiger partial charge in [-0.3, -0.25) is 9.59 Å². The summed E-state index contributed by atoms with van der Waals surface area (Å²) in [7, 11) is 0. The normalized spacial score (nSPS) is 14.6. The largest absolute Gasteiger partial charge is 0.456 e. The maximum Gasteiger partial charge on any atom is 0.252 e. The Kier molecular flexibility index (Phi) is 5.88. The van der Waals surface area contributed by atoms with Gasteiger partial charge in [0.05, 0.1) is 12.1 Å². The molecular weight excluding hydrogens is 370 g/mol. The summed E-state index contributed by atoms with van der Waals surface area (Å²) in [6.07, 6.45) is 1.85. The van der Waals surface area contributed by atoms with Crippen molar-refractivity contribution in [3.63, 3.8) is 0 Å². The van der Waals surface area contributed by atoms with Gasteiger partial charge in [0.25, 0.3) is 5.56 Å². The summed E-state index contributed by atoms with van der Waals surface area (Å²) >= 11 is 0. The van der Waals surface area contributed by atoms with Crippen LogP contribution in [0.1, 0.15) is 12.8 Å². The predicted octanol–water partition coefficient (Wildman–Crippen LogP) is 3.03. The minimum Gasteiger partial charge on any atom is -0.456 e. The highest BCUT2D eigenvalue weighted by atomic mass is 16.5. The first-order chi connectivity index (χ1) is 14.2. The van der Waals surface area contributed by atoms with Crippen LogP contribution in [0.25, 0.3) is 10.9 Å². The van der Waals surface area contributed by atoms with Crippen molar-refractivity contribution < 1.29 is 14.3 Å². The standard InChI is InChI=1S/C22H23N3O4/c26-21-13-20(18-3-1-2-4-19(18)25-21)29-17-7-5-16(6-8-17)24-22(27)14-23-15-9-11-28-12-10-15/h1-8,13,15,23H,9-12,14H2,(H,24,27)(H,25,26). The molecule has 150 valence electrons. The molecule has 4 rings (SSSR count). The van der Waals surface area contributed by atoms with E-state index in [0.29, 0.717) is 23.2 Å². The lowest BCUT2D eigenvalue weighted by molar-refractivity contribution is -0.115. The number of aromatic nitrogens is 1. The zero-order valence-electron chi connectivity index (χ0n) is 15.9. The van der Waals surface area contributed by atoms with E-state index in [4.69, 9.17) is 9.47 Å². The molecule has 7 heteroatoms. The third-order valence-corrected chi connectivity index (χ3v) is 4.85. The minimum atomic E-state index is -0.223. The molecule has 29 heavy (non-hydrogen) atoms. The molecule has 0 unspecified atom stereocenters. The zero-order chi connectivity index (χ0) is 20.1. The Balaban J connectivity index is 1.37. The number of hydrogen-bond donors (Lipinski definition) is 3. The molecule has 1 fully saturated rings. The van der Waals surface area contributed by atoms with Gasteiger partial charge in [0.1, 0.15) is 11.5 Å². The van der Waals surface area contributed by atoms with Crippen LogP contribution in [0.15, 0.2) is 59.4 Å². The molecule has 2 heterocycles. The minimum absolute atomic E-state index is 0.0919. The van der Waals surface area contributed by atoms with Crippen molar-refractivity contribution in [1.82, 2.24) is 10.3 Å². The third kappa shape index (κ3) is 5.01. The number of nitrogens with one attached hydrogen (secondary N) is 3. The second-order valence-electron chi connectivity index (χ2n) is 6.99. The third-order valence-electron chi connectivity index (χ3n) is 4.85. The number of carbonyl (C=O) groups excluding carboxylic acids is 1. The van der Waals surface area contributed by atoms with Crippen LogP contribution in [0.4, 0.5) is 5.69 Å². The van der Waals surface area contributed by atoms with Gasteiger partial charge < -0.3 is 25.1 Å². The number of pyridine rings is 1. The van der Waals surface area contributed by atoms with E-state index in [1.165, 1.54) is 6.07 Å². The predicted molar refractivity (Wildman–Crippen MR) is 112 cm³/mol. The average molecular weight is 393 g/mol. The van der Waals surface area contributed by atoms with Gasteiger partial charge in [0.15, 0.2) is 0 Å². The van der Waals surface area contributed by atoms with Crippen molar-refractivity contribution in [2.75, 3.05) is 25.1 Å². The molecule has 1 saturated heterocycles. The number of hydrogen-bond acceptors (Lipinski definition) is 5. The molecule has 1 aliphatic rings. The first-order valence-corrected chi connectivity index (χ1v) is 9.68. The summed E-state index contributed by atoms with van der Waals surface area (Å²) in [5, 5.41) is 6.95. The molecule has 0 bridgehead atoms. The summed E-state index contributed by atoms with van der Waals surface area (Å²) in [6, 6.07) is 16.3. The fraction of sp³-hybridized carbons (Fsp3) is 0.273. The quantitative estimate of drug-likeness (QED) is 0.599. The van der Waals surface area contributed by atoms with Gasteiger partial charge in [0, 0.05) is 36.4 Å². The topological polar surface area (TPSA) is 92.4 Å². The van der Waals surface area contributed by atoms with Gasteiger partial charge in [-0.05, 0) is 49.2 Å². The van der Waals surface area contributed by atoms with Gasteiger partial charge >= 0.3 is 0 Å². The number of carbonyl (C=O) groups is 1. The molecule has 0 atom stereocenters. The van der Waals surface area contributed by atoms with E-state index in [1.807, 2.05) is 24.3 Å². The molecule has 1 aliphatic heterocycles. The number of para-hydroxylation sites is 1. The van der Waals surface area contributed by atoms with Crippen LogP contribution in [0.5, 0.6) is 11.5 Å². The van der Waals surface area contributed by atoms with Crippen LogP contribution >= 0.6 is 0 Å². The summed E-state index contributed by atoms with van der Waals surface area (Å²) in [5.41, 5.74) is 1.18. The summed E-state index contributed by atoms with van der Waals surface area (Å²) in [4.78, 5) is 26.8. The lowest BCUT2D eigenvalue weighted by Crippen LogP contribution is -2.39. The van der Waals surface area contributed by atoms with Crippen LogP contribution in [-0.4, -0.2) is 36.7 Å². The van der Waals surface area contributed by atoms with Crippen LogP contribution in [0.3, 0.4) is 0 Å². The van der Waals surface area contributed by atoms with E-state index in [0.717, 1.165) is 37.0 Å². The van der Waals surface area contributed by atoms with Crippen LogP contribution in [0, 0.1) is 0 Å². The Bertz CT molecular complexity index is 1040. The lowest BCUT2D eigenvalue weighted by Gasteiger charge is -2.22. The van der Waals surface area contributed by atoms with Crippen molar-refractivity contribution in [3.8, 4) is 11.5 Å². The van der Waals surface area contributed by atoms with Crippen LogP contribution in [-0.2, 0) is 9.53 Å². The highest BCUT2D eigenvalue weighted by Gasteiger charge is 2.14.